The number of ether oxygens (including phenoxy) is 1. The molecule has 1 aliphatic rings. The van der Waals surface area contributed by atoms with Gasteiger partial charge in [-0.3, -0.25) is 9.69 Å². The summed E-state index contributed by atoms with van der Waals surface area (Å²) in [5, 5.41) is 9.82. The first-order chi connectivity index (χ1) is 7.85. The van der Waals surface area contributed by atoms with E-state index in [1.165, 1.54) is 0 Å². The second kappa shape index (κ2) is 5.83. The maximum Gasteiger partial charge on any atom is 0.323 e. The van der Waals surface area contributed by atoms with Gasteiger partial charge in [0.2, 0.25) is 0 Å². The predicted molar refractivity (Wildman–Crippen MR) is 66.4 cm³/mol. The molecule has 2 atom stereocenters. The fraction of sp³-hybridized carbons (Fsp3) is 0.923. The topological polar surface area (TPSA) is 49.8 Å². The van der Waals surface area contributed by atoms with Crippen LogP contribution in [0.3, 0.4) is 0 Å². The van der Waals surface area contributed by atoms with Gasteiger partial charge in [-0.25, -0.2) is 0 Å². The van der Waals surface area contributed by atoms with Crippen molar-refractivity contribution in [3.05, 3.63) is 0 Å². The molecular weight excluding hydrogens is 218 g/mol. The molecule has 1 N–H and O–H groups in total. The number of aliphatic hydroxyl groups is 1. The van der Waals surface area contributed by atoms with Crippen molar-refractivity contribution >= 4 is 5.97 Å². The first-order valence-electron chi connectivity index (χ1n) is 6.45. The Bertz CT molecular complexity index is 260. The highest BCUT2D eigenvalue weighted by molar-refractivity contribution is 5.76. The van der Waals surface area contributed by atoms with Crippen molar-refractivity contribution in [2.24, 2.45) is 5.41 Å². The summed E-state index contributed by atoms with van der Waals surface area (Å²) in [4.78, 5) is 13.8. The lowest BCUT2D eigenvalue weighted by atomic mass is 9.99. The van der Waals surface area contributed by atoms with Gasteiger partial charge >= 0.3 is 5.97 Å². The third-order valence-corrected chi connectivity index (χ3v) is 2.96. The van der Waals surface area contributed by atoms with Gasteiger partial charge in [0, 0.05) is 6.54 Å². The zero-order valence-corrected chi connectivity index (χ0v) is 11.4. The van der Waals surface area contributed by atoms with Gasteiger partial charge in [-0.05, 0) is 24.7 Å². The smallest absolute Gasteiger partial charge is 0.323 e. The van der Waals surface area contributed by atoms with E-state index in [0.717, 1.165) is 19.4 Å². The van der Waals surface area contributed by atoms with Gasteiger partial charge in [-0.2, -0.15) is 0 Å². The van der Waals surface area contributed by atoms with Crippen molar-refractivity contribution in [2.75, 3.05) is 13.2 Å². The number of nitrogens with zero attached hydrogens (tertiary/aromatic N) is 1. The third kappa shape index (κ3) is 4.28. The molecule has 0 radical (unpaired) electrons. The van der Waals surface area contributed by atoms with Gasteiger partial charge in [0.05, 0.1) is 6.61 Å². The molecule has 100 valence electrons. The van der Waals surface area contributed by atoms with E-state index in [-0.39, 0.29) is 17.4 Å². The Labute approximate surface area is 104 Å². The van der Waals surface area contributed by atoms with Crippen molar-refractivity contribution < 1.29 is 14.6 Å². The number of likely N-dealkylation sites (tertiary alicyclic amines) is 1. The summed E-state index contributed by atoms with van der Waals surface area (Å²) >= 11 is 0. The van der Waals surface area contributed by atoms with Crippen LogP contribution in [0.2, 0.25) is 0 Å². The maximum atomic E-state index is 11.9. The highest BCUT2D eigenvalue weighted by atomic mass is 16.5. The molecule has 0 aromatic heterocycles. The van der Waals surface area contributed by atoms with Gasteiger partial charge in [0.25, 0.3) is 0 Å². The van der Waals surface area contributed by atoms with Crippen molar-refractivity contribution in [1.29, 1.82) is 0 Å². The van der Waals surface area contributed by atoms with E-state index in [1.807, 2.05) is 32.6 Å². The normalized spacial score (nSPS) is 23.7. The second-order valence-electron chi connectivity index (χ2n) is 5.95. The molecule has 0 spiro atoms. The molecule has 4 nitrogen and oxygen atoms in total. The Morgan fingerprint density at radius 3 is 2.71 bits per heavy atom. The first-order valence-corrected chi connectivity index (χ1v) is 6.45. The van der Waals surface area contributed by atoms with E-state index in [2.05, 4.69) is 0 Å². The van der Waals surface area contributed by atoms with Crippen LogP contribution in [0.5, 0.6) is 0 Å². The van der Waals surface area contributed by atoms with E-state index < -0.39 is 6.23 Å². The number of hydrogen-bond donors (Lipinski definition) is 1. The quantitative estimate of drug-likeness (QED) is 0.765. The van der Waals surface area contributed by atoms with Crippen LogP contribution in [0.25, 0.3) is 0 Å². The van der Waals surface area contributed by atoms with Gasteiger partial charge in [0.1, 0.15) is 12.3 Å². The molecule has 0 aliphatic carbocycles. The number of carbonyl (C=O) groups is 1. The molecule has 1 aliphatic heterocycles. The minimum absolute atomic E-state index is 0.0114. The zero-order valence-electron chi connectivity index (χ0n) is 11.4. The molecular formula is C13H25NO3. The van der Waals surface area contributed by atoms with Crippen molar-refractivity contribution in [3.63, 3.8) is 0 Å². The molecule has 0 saturated carbocycles. The summed E-state index contributed by atoms with van der Waals surface area (Å²) in [5.74, 6) is -0.190. The van der Waals surface area contributed by atoms with Crippen LogP contribution >= 0.6 is 0 Å². The second-order valence-corrected chi connectivity index (χ2v) is 5.95. The average Bonchev–Trinajstić information content (AvgIpc) is 2.72. The van der Waals surface area contributed by atoms with Gasteiger partial charge < -0.3 is 9.84 Å². The van der Waals surface area contributed by atoms with Crippen molar-refractivity contribution in [2.45, 2.75) is 59.2 Å². The summed E-state index contributed by atoms with van der Waals surface area (Å²) in [5.41, 5.74) is -0.0114. The van der Waals surface area contributed by atoms with Crippen molar-refractivity contribution in [1.82, 2.24) is 4.90 Å². The Morgan fingerprint density at radius 2 is 2.18 bits per heavy atom. The van der Waals surface area contributed by atoms with Crippen molar-refractivity contribution in [3.8, 4) is 0 Å². The summed E-state index contributed by atoms with van der Waals surface area (Å²) < 4.78 is 5.32. The van der Waals surface area contributed by atoms with E-state index in [0.29, 0.717) is 13.0 Å². The average molecular weight is 243 g/mol. The molecule has 1 heterocycles. The highest BCUT2D eigenvalue weighted by Crippen LogP contribution is 2.22. The minimum Gasteiger partial charge on any atom is -0.464 e. The van der Waals surface area contributed by atoms with E-state index in [9.17, 15) is 9.90 Å². The largest absolute Gasteiger partial charge is 0.464 e. The Hall–Kier alpha value is -0.610. The molecule has 1 saturated heterocycles. The number of aliphatic hydroxyl groups excluding tert-OH is 1. The molecule has 4 heteroatoms. The van der Waals surface area contributed by atoms with Gasteiger partial charge in [-0.15, -0.1) is 0 Å². The molecule has 17 heavy (non-hydrogen) atoms. The summed E-state index contributed by atoms with van der Waals surface area (Å²) in [6.45, 7) is 9.23. The number of esters is 1. The molecule has 0 aromatic carbocycles. The number of rotatable bonds is 4. The Balaban J connectivity index is 2.50. The van der Waals surface area contributed by atoms with Crippen LogP contribution in [0.1, 0.15) is 47.0 Å². The molecule has 0 bridgehead atoms. The van der Waals surface area contributed by atoms with E-state index >= 15 is 0 Å². The van der Waals surface area contributed by atoms with Gasteiger partial charge in [0.15, 0.2) is 0 Å². The minimum atomic E-state index is -0.523. The number of carbonyl (C=O) groups excluding carboxylic acids is 1. The fourth-order valence-corrected chi connectivity index (χ4v) is 2.02. The van der Waals surface area contributed by atoms with Crippen LogP contribution in [-0.4, -0.2) is 41.4 Å². The Morgan fingerprint density at radius 1 is 1.53 bits per heavy atom. The molecule has 1 rings (SSSR count). The summed E-state index contributed by atoms with van der Waals surface area (Å²) in [7, 11) is 0. The predicted octanol–water partition coefficient (Wildman–Crippen LogP) is 1.77. The van der Waals surface area contributed by atoms with Crippen LogP contribution in [-0.2, 0) is 9.53 Å². The van der Waals surface area contributed by atoms with Crippen LogP contribution < -0.4 is 0 Å². The first kappa shape index (κ1) is 14.5. The summed E-state index contributed by atoms with van der Waals surface area (Å²) in [6, 6.07) is -0.257. The fourth-order valence-electron chi connectivity index (χ4n) is 2.02. The van der Waals surface area contributed by atoms with Crippen LogP contribution in [0, 0.1) is 5.41 Å². The van der Waals surface area contributed by atoms with Crippen LogP contribution in [0.15, 0.2) is 0 Å². The SMILES string of the molecule is CCC(O)N1CCCC1C(=O)OCC(C)(C)C. The lowest BCUT2D eigenvalue weighted by Crippen LogP contribution is -2.44. The number of hydrogen-bond acceptors (Lipinski definition) is 4. The monoisotopic (exact) mass is 243 g/mol. The van der Waals surface area contributed by atoms with E-state index in [1.54, 1.807) is 0 Å². The maximum absolute atomic E-state index is 11.9. The molecule has 0 amide bonds. The molecule has 2 unspecified atom stereocenters. The lowest BCUT2D eigenvalue weighted by molar-refractivity contribution is -0.155. The van der Waals surface area contributed by atoms with E-state index in [4.69, 9.17) is 4.74 Å². The standard InChI is InChI=1S/C13H25NO3/c1-5-11(15)14-8-6-7-10(14)12(16)17-9-13(2,3)4/h10-11,15H,5-9H2,1-4H3. The van der Waals surface area contributed by atoms with Gasteiger partial charge in [-0.1, -0.05) is 27.7 Å². The molecule has 0 aromatic rings. The highest BCUT2D eigenvalue weighted by Gasteiger charge is 2.35. The lowest BCUT2D eigenvalue weighted by Gasteiger charge is -2.28. The van der Waals surface area contributed by atoms with Crippen LogP contribution in [0.4, 0.5) is 0 Å². The molecule has 1 fully saturated rings. The zero-order chi connectivity index (χ0) is 13.1. The third-order valence-electron chi connectivity index (χ3n) is 2.96. The Kier molecular flexibility index (Phi) is 4.95. The summed E-state index contributed by atoms with van der Waals surface area (Å²) in [6.07, 6.45) is 1.86.